The predicted molar refractivity (Wildman–Crippen MR) is 64.4 cm³/mol. The average molecular weight is 228 g/mol. The summed E-state index contributed by atoms with van der Waals surface area (Å²) in [5, 5.41) is 0. The lowest BCUT2D eigenvalue weighted by Crippen LogP contribution is -2.56. The molecular weight excluding hydrogens is 204 g/mol. The Kier molecular flexibility index (Phi) is 5.22. The van der Waals surface area contributed by atoms with Crippen LogP contribution < -0.4 is 0 Å². The highest BCUT2D eigenvalue weighted by Gasteiger charge is 2.28. The molecule has 0 aromatic heterocycles. The summed E-state index contributed by atoms with van der Waals surface area (Å²) in [6.45, 7) is 6.72. The fourth-order valence-electron chi connectivity index (χ4n) is 2.13. The van der Waals surface area contributed by atoms with Crippen molar-refractivity contribution in [1.82, 2.24) is 9.80 Å². The van der Waals surface area contributed by atoms with Crippen molar-refractivity contribution >= 4 is 5.91 Å². The van der Waals surface area contributed by atoms with Crippen LogP contribution in [-0.4, -0.2) is 61.6 Å². The number of ether oxygens (including phenoxy) is 1. The Morgan fingerprint density at radius 1 is 1.31 bits per heavy atom. The van der Waals surface area contributed by atoms with Gasteiger partial charge in [-0.3, -0.25) is 9.69 Å². The maximum absolute atomic E-state index is 11.9. The smallest absolute Gasteiger partial charge is 0.222 e. The minimum atomic E-state index is 0.267. The van der Waals surface area contributed by atoms with E-state index < -0.39 is 0 Å². The van der Waals surface area contributed by atoms with Crippen LogP contribution in [0.25, 0.3) is 0 Å². The molecule has 94 valence electrons. The number of piperazine rings is 1. The monoisotopic (exact) mass is 228 g/mol. The van der Waals surface area contributed by atoms with Gasteiger partial charge in [-0.1, -0.05) is 0 Å². The van der Waals surface area contributed by atoms with Gasteiger partial charge < -0.3 is 9.64 Å². The summed E-state index contributed by atoms with van der Waals surface area (Å²) >= 11 is 0. The SMILES string of the molecule is COCCCC(=O)N1CC(C)N(C)C(C)C1. The van der Waals surface area contributed by atoms with Gasteiger partial charge in [-0.25, -0.2) is 0 Å². The average Bonchev–Trinajstić information content (AvgIpc) is 2.25. The second-order valence-corrected chi connectivity index (χ2v) is 4.76. The van der Waals surface area contributed by atoms with Gasteiger partial charge in [0.25, 0.3) is 0 Å². The number of rotatable bonds is 4. The zero-order valence-electron chi connectivity index (χ0n) is 10.9. The first-order valence-electron chi connectivity index (χ1n) is 6.05. The highest BCUT2D eigenvalue weighted by molar-refractivity contribution is 5.76. The van der Waals surface area contributed by atoms with Crippen molar-refractivity contribution in [3.05, 3.63) is 0 Å². The third kappa shape index (κ3) is 3.46. The van der Waals surface area contributed by atoms with Gasteiger partial charge in [-0.05, 0) is 27.3 Å². The van der Waals surface area contributed by atoms with Gasteiger partial charge in [0, 0.05) is 45.3 Å². The Morgan fingerprint density at radius 3 is 2.38 bits per heavy atom. The van der Waals surface area contributed by atoms with E-state index in [0.717, 1.165) is 19.5 Å². The standard InChI is InChI=1S/C12H24N2O2/c1-10-8-14(9-11(2)13(10)3)12(15)6-5-7-16-4/h10-11H,5-9H2,1-4H3. The van der Waals surface area contributed by atoms with Crippen molar-refractivity contribution < 1.29 is 9.53 Å². The van der Waals surface area contributed by atoms with Gasteiger partial charge in [-0.15, -0.1) is 0 Å². The van der Waals surface area contributed by atoms with Crippen molar-refractivity contribution in [3.8, 4) is 0 Å². The van der Waals surface area contributed by atoms with E-state index in [1.54, 1.807) is 7.11 Å². The van der Waals surface area contributed by atoms with Crippen molar-refractivity contribution in [2.75, 3.05) is 33.9 Å². The summed E-state index contributed by atoms with van der Waals surface area (Å²) in [6, 6.07) is 0.908. The molecule has 1 aliphatic heterocycles. The summed E-state index contributed by atoms with van der Waals surface area (Å²) in [6.07, 6.45) is 1.43. The Bertz CT molecular complexity index is 221. The van der Waals surface area contributed by atoms with Crippen LogP contribution >= 0.6 is 0 Å². The van der Waals surface area contributed by atoms with E-state index >= 15 is 0 Å². The van der Waals surface area contributed by atoms with Crippen LogP contribution in [0.1, 0.15) is 26.7 Å². The van der Waals surface area contributed by atoms with Gasteiger partial charge in [0.15, 0.2) is 0 Å². The van der Waals surface area contributed by atoms with E-state index in [0.29, 0.717) is 25.1 Å². The first kappa shape index (κ1) is 13.5. The molecule has 4 nitrogen and oxygen atoms in total. The lowest BCUT2D eigenvalue weighted by Gasteiger charge is -2.42. The van der Waals surface area contributed by atoms with Gasteiger partial charge in [0.2, 0.25) is 5.91 Å². The van der Waals surface area contributed by atoms with Crippen LogP contribution in [0.4, 0.5) is 0 Å². The molecule has 4 heteroatoms. The topological polar surface area (TPSA) is 32.8 Å². The molecule has 1 heterocycles. The molecule has 1 fully saturated rings. The molecular formula is C12H24N2O2. The van der Waals surface area contributed by atoms with Crippen molar-refractivity contribution in [2.24, 2.45) is 0 Å². The molecule has 2 atom stereocenters. The van der Waals surface area contributed by atoms with Crippen LogP contribution in [0.3, 0.4) is 0 Å². The van der Waals surface area contributed by atoms with Gasteiger partial charge in [-0.2, -0.15) is 0 Å². The zero-order valence-corrected chi connectivity index (χ0v) is 10.9. The molecule has 1 saturated heterocycles. The van der Waals surface area contributed by atoms with Crippen LogP contribution in [0.15, 0.2) is 0 Å². The molecule has 0 aromatic carbocycles. The number of methoxy groups -OCH3 is 1. The fraction of sp³-hybridized carbons (Fsp3) is 0.917. The summed E-state index contributed by atoms with van der Waals surface area (Å²) in [5.41, 5.74) is 0. The van der Waals surface area contributed by atoms with E-state index in [1.807, 2.05) is 4.90 Å². The summed E-state index contributed by atoms with van der Waals surface area (Å²) in [7, 11) is 3.80. The fourth-order valence-corrected chi connectivity index (χ4v) is 2.13. The number of carbonyl (C=O) groups is 1. The minimum absolute atomic E-state index is 0.267. The summed E-state index contributed by atoms with van der Waals surface area (Å²) in [4.78, 5) is 16.2. The normalized spacial score (nSPS) is 27.1. The lowest BCUT2D eigenvalue weighted by molar-refractivity contribution is -0.135. The van der Waals surface area contributed by atoms with Crippen LogP contribution in [0.5, 0.6) is 0 Å². The molecule has 1 rings (SSSR count). The Hall–Kier alpha value is -0.610. The number of hydrogen-bond donors (Lipinski definition) is 0. The van der Waals surface area contributed by atoms with Crippen LogP contribution in [-0.2, 0) is 9.53 Å². The van der Waals surface area contributed by atoms with E-state index in [-0.39, 0.29) is 5.91 Å². The number of amides is 1. The van der Waals surface area contributed by atoms with Crippen molar-refractivity contribution in [2.45, 2.75) is 38.8 Å². The Labute approximate surface area is 98.5 Å². The number of nitrogens with zero attached hydrogens (tertiary/aromatic N) is 2. The minimum Gasteiger partial charge on any atom is -0.385 e. The molecule has 0 spiro atoms. The highest BCUT2D eigenvalue weighted by Crippen LogP contribution is 2.14. The molecule has 0 aliphatic carbocycles. The van der Waals surface area contributed by atoms with Gasteiger partial charge >= 0.3 is 0 Å². The Balaban J connectivity index is 2.39. The first-order valence-corrected chi connectivity index (χ1v) is 6.05. The van der Waals surface area contributed by atoms with E-state index in [9.17, 15) is 4.79 Å². The van der Waals surface area contributed by atoms with Gasteiger partial charge in [0.1, 0.15) is 0 Å². The molecule has 0 N–H and O–H groups in total. The molecule has 0 radical (unpaired) electrons. The van der Waals surface area contributed by atoms with E-state index in [1.165, 1.54) is 0 Å². The van der Waals surface area contributed by atoms with Gasteiger partial charge in [0.05, 0.1) is 0 Å². The predicted octanol–water partition coefficient (Wildman–Crippen LogP) is 0.964. The molecule has 16 heavy (non-hydrogen) atoms. The Morgan fingerprint density at radius 2 is 1.88 bits per heavy atom. The summed E-state index contributed by atoms with van der Waals surface area (Å²) in [5.74, 6) is 0.267. The van der Waals surface area contributed by atoms with E-state index in [4.69, 9.17) is 4.74 Å². The largest absolute Gasteiger partial charge is 0.385 e. The highest BCUT2D eigenvalue weighted by atomic mass is 16.5. The first-order chi connectivity index (χ1) is 7.56. The quantitative estimate of drug-likeness (QED) is 0.672. The van der Waals surface area contributed by atoms with Crippen molar-refractivity contribution in [1.29, 1.82) is 0 Å². The molecule has 2 unspecified atom stereocenters. The molecule has 0 aromatic rings. The molecule has 1 aliphatic rings. The maximum atomic E-state index is 11.9. The number of likely N-dealkylation sites (N-methyl/N-ethyl adjacent to an activating group) is 1. The summed E-state index contributed by atoms with van der Waals surface area (Å²) < 4.78 is 4.96. The molecule has 0 bridgehead atoms. The molecule has 1 amide bonds. The van der Waals surface area contributed by atoms with E-state index in [2.05, 4.69) is 25.8 Å². The second kappa shape index (κ2) is 6.21. The third-order valence-electron chi connectivity index (χ3n) is 3.45. The molecule has 0 saturated carbocycles. The van der Waals surface area contributed by atoms with Crippen molar-refractivity contribution in [3.63, 3.8) is 0 Å². The zero-order chi connectivity index (χ0) is 12.1. The maximum Gasteiger partial charge on any atom is 0.222 e. The second-order valence-electron chi connectivity index (χ2n) is 4.76. The lowest BCUT2D eigenvalue weighted by atomic mass is 10.1. The van der Waals surface area contributed by atoms with Crippen LogP contribution in [0, 0.1) is 0 Å². The number of carbonyl (C=O) groups excluding carboxylic acids is 1. The van der Waals surface area contributed by atoms with Crippen LogP contribution in [0.2, 0.25) is 0 Å². The third-order valence-corrected chi connectivity index (χ3v) is 3.45. The number of hydrogen-bond acceptors (Lipinski definition) is 3.